The monoisotopic (exact) mass is 311 g/mol. The molecule has 0 spiro atoms. The summed E-state index contributed by atoms with van der Waals surface area (Å²) in [6.45, 7) is 0.325. The largest absolute Gasteiger partial charge is 0.497 e. The second-order valence-electron chi connectivity index (χ2n) is 5.35. The van der Waals surface area contributed by atoms with Crippen LogP contribution in [0.1, 0.15) is 20.8 Å². The van der Waals surface area contributed by atoms with E-state index in [4.69, 9.17) is 11.2 Å². The first-order valence-electron chi connectivity index (χ1n) is 7.13. The molecular weight excluding hydrogens is 294 g/mol. The number of nitrogens with zero attached hydrogens (tertiary/aromatic N) is 1. The first-order chi connectivity index (χ1) is 10.6. The van der Waals surface area contributed by atoms with E-state index in [9.17, 15) is 4.79 Å². The molecule has 1 heterocycles. The fourth-order valence-corrected chi connectivity index (χ4v) is 3.98. The maximum atomic E-state index is 12.4. The molecule has 3 nitrogen and oxygen atoms in total. The van der Waals surface area contributed by atoms with Crippen LogP contribution in [0.3, 0.4) is 0 Å². The smallest absolute Gasteiger partial charge is 0.264 e. The second-order valence-corrected chi connectivity index (χ2v) is 6.41. The number of benzene rings is 1. The lowest BCUT2D eigenvalue weighted by Gasteiger charge is -2.16. The summed E-state index contributed by atoms with van der Waals surface area (Å²) in [4.78, 5) is 15.9. The van der Waals surface area contributed by atoms with Gasteiger partial charge < -0.3 is 9.64 Å². The molecule has 0 fully saturated rings. The normalized spacial score (nSPS) is 12.0. The van der Waals surface area contributed by atoms with Crippen LogP contribution in [-0.4, -0.2) is 31.5 Å². The van der Waals surface area contributed by atoms with Gasteiger partial charge in [-0.15, -0.1) is 17.8 Å². The van der Waals surface area contributed by atoms with Crippen LogP contribution >= 0.6 is 11.3 Å². The third-order valence-electron chi connectivity index (χ3n) is 3.92. The zero-order valence-corrected chi connectivity index (χ0v) is 13.5. The maximum absolute atomic E-state index is 12.4. The summed E-state index contributed by atoms with van der Waals surface area (Å²) in [6, 6.07) is 8.17. The minimum Gasteiger partial charge on any atom is -0.497 e. The number of fused-ring (bicyclic) bond motifs is 3. The summed E-state index contributed by atoms with van der Waals surface area (Å²) in [5.74, 6) is 3.34. The Morgan fingerprint density at radius 3 is 2.86 bits per heavy atom. The molecule has 1 aromatic carbocycles. The van der Waals surface area contributed by atoms with E-state index in [1.165, 1.54) is 21.6 Å². The van der Waals surface area contributed by atoms with Gasteiger partial charge in [0.25, 0.3) is 5.91 Å². The minimum absolute atomic E-state index is 0.0122. The topological polar surface area (TPSA) is 29.5 Å². The highest BCUT2D eigenvalue weighted by Gasteiger charge is 2.23. The molecule has 0 N–H and O–H groups in total. The standard InChI is InChI=1S/C18H17NO2S/c1-4-9-19(2)18(20)16-10-13-6-5-12-7-8-14(21-3)11-15(12)17(13)22-16/h1,7-8,10-11H,5-6,9H2,2-3H3. The fourth-order valence-electron chi connectivity index (χ4n) is 2.73. The number of methoxy groups -OCH3 is 1. The van der Waals surface area contributed by atoms with Crippen molar-refractivity contribution >= 4 is 17.2 Å². The van der Waals surface area contributed by atoms with E-state index in [0.717, 1.165) is 23.5 Å². The third kappa shape index (κ3) is 2.49. The van der Waals surface area contributed by atoms with Crippen molar-refractivity contribution in [2.45, 2.75) is 12.8 Å². The van der Waals surface area contributed by atoms with E-state index in [1.54, 1.807) is 30.4 Å². The van der Waals surface area contributed by atoms with Crippen LogP contribution in [0.15, 0.2) is 24.3 Å². The number of thiophene rings is 1. The molecule has 4 heteroatoms. The Labute approximate surface area is 134 Å². The number of hydrogen-bond donors (Lipinski definition) is 0. The van der Waals surface area contributed by atoms with Gasteiger partial charge in [-0.25, -0.2) is 0 Å². The van der Waals surface area contributed by atoms with Gasteiger partial charge in [-0.05, 0) is 47.7 Å². The molecule has 0 aliphatic heterocycles. The van der Waals surface area contributed by atoms with Gasteiger partial charge in [0.05, 0.1) is 18.5 Å². The summed E-state index contributed by atoms with van der Waals surface area (Å²) in [6.07, 6.45) is 7.25. The quantitative estimate of drug-likeness (QED) is 0.815. The molecule has 1 amide bonds. The summed E-state index contributed by atoms with van der Waals surface area (Å²) in [5, 5.41) is 0. The Balaban J connectivity index is 2.00. The molecule has 0 saturated carbocycles. The molecule has 3 rings (SSSR count). The Hall–Kier alpha value is -2.25. The first-order valence-corrected chi connectivity index (χ1v) is 7.94. The number of amides is 1. The Kier molecular flexibility index (Phi) is 3.91. The molecular formula is C18H17NO2S. The number of rotatable bonds is 3. The van der Waals surface area contributed by atoms with E-state index in [1.807, 2.05) is 12.1 Å². The average molecular weight is 311 g/mol. The van der Waals surface area contributed by atoms with Crippen molar-refractivity contribution in [3.8, 4) is 28.5 Å². The lowest BCUT2D eigenvalue weighted by Crippen LogP contribution is -2.26. The summed E-state index contributed by atoms with van der Waals surface area (Å²) < 4.78 is 5.33. The Morgan fingerprint density at radius 2 is 2.14 bits per heavy atom. The van der Waals surface area contributed by atoms with Crippen molar-refractivity contribution in [3.63, 3.8) is 0 Å². The highest BCUT2D eigenvalue weighted by atomic mass is 32.1. The van der Waals surface area contributed by atoms with Crippen LogP contribution in [-0.2, 0) is 12.8 Å². The van der Waals surface area contributed by atoms with Crippen LogP contribution < -0.4 is 4.74 Å². The van der Waals surface area contributed by atoms with Gasteiger partial charge in [-0.1, -0.05) is 12.0 Å². The number of ether oxygens (including phenoxy) is 1. The zero-order chi connectivity index (χ0) is 15.7. The highest BCUT2D eigenvalue weighted by Crippen LogP contribution is 2.41. The SMILES string of the molecule is C#CCN(C)C(=O)c1cc2c(s1)-c1cc(OC)ccc1CC2. The van der Waals surface area contributed by atoms with Crippen molar-refractivity contribution in [1.82, 2.24) is 4.90 Å². The van der Waals surface area contributed by atoms with Gasteiger partial charge in [0.1, 0.15) is 5.75 Å². The van der Waals surface area contributed by atoms with E-state index in [-0.39, 0.29) is 5.91 Å². The number of carbonyl (C=O) groups excluding carboxylic acids is 1. The molecule has 0 saturated heterocycles. The number of carbonyl (C=O) groups is 1. The van der Waals surface area contributed by atoms with Crippen LogP contribution in [0.4, 0.5) is 0 Å². The Bertz CT molecular complexity index is 770. The van der Waals surface area contributed by atoms with E-state index in [2.05, 4.69) is 18.1 Å². The predicted octanol–water partition coefficient (Wildman–Crippen LogP) is 3.23. The molecule has 0 atom stereocenters. The van der Waals surface area contributed by atoms with Crippen LogP contribution in [0.5, 0.6) is 5.75 Å². The second kappa shape index (κ2) is 5.86. The van der Waals surface area contributed by atoms with Crippen molar-refractivity contribution in [3.05, 3.63) is 40.3 Å². The predicted molar refractivity (Wildman–Crippen MR) is 89.5 cm³/mol. The van der Waals surface area contributed by atoms with Crippen molar-refractivity contribution < 1.29 is 9.53 Å². The molecule has 1 aliphatic carbocycles. The molecule has 0 unspecified atom stereocenters. The third-order valence-corrected chi connectivity index (χ3v) is 5.12. The summed E-state index contributed by atoms with van der Waals surface area (Å²) >= 11 is 1.54. The molecule has 2 aromatic rings. The lowest BCUT2D eigenvalue weighted by molar-refractivity contribution is 0.0817. The van der Waals surface area contributed by atoms with Gasteiger partial charge in [0, 0.05) is 11.9 Å². The fraction of sp³-hybridized carbons (Fsp3) is 0.278. The molecule has 22 heavy (non-hydrogen) atoms. The number of terminal acetylenes is 1. The minimum atomic E-state index is -0.0122. The molecule has 112 valence electrons. The zero-order valence-electron chi connectivity index (χ0n) is 12.7. The van der Waals surface area contributed by atoms with E-state index < -0.39 is 0 Å². The van der Waals surface area contributed by atoms with Crippen LogP contribution in [0.25, 0.3) is 10.4 Å². The van der Waals surface area contributed by atoms with Crippen molar-refractivity contribution in [2.75, 3.05) is 20.7 Å². The van der Waals surface area contributed by atoms with E-state index in [0.29, 0.717) is 6.54 Å². The lowest BCUT2D eigenvalue weighted by atomic mass is 9.91. The van der Waals surface area contributed by atoms with Gasteiger partial charge >= 0.3 is 0 Å². The summed E-state index contributed by atoms with van der Waals surface area (Å²) in [7, 11) is 3.40. The number of aryl methyl sites for hydroxylation is 2. The molecule has 1 aromatic heterocycles. The van der Waals surface area contributed by atoms with Gasteiger partial charge in [-0.3, -0.25) is 4.79 Å². The van der Waals surface area contributed by atoms with Gasteiger partial charge in [0.15, 0.2) is 0 Å². The summed E-state index contributed by atoms with van der Waals surface area (Å²) in [5.41, 5.74) is 3.73. The maximum Gasteiger partial charge on any atom is 0.264 e. The average Bonchev–Trinajstić information content (AvgIpc) is 2.98. The van der Waals surface area contributed by atoms with Crippen molar-refractivity contribution in [2.24, 2.45) is 0 Å². The molecule has 0 bridgehead atoms. The first kappa shape index (κ1) is 14.7. The Morgan fingerprint density at radius 1 is 1.36 bits per heavy atom. The molecule has 0 radical (unpaired) electrons. The van der Waals surface area contributed by atoms with Crippen molar-refractivity contribution in [1.29, 1.82) is 0 Å². The molecule has 1 aliphatic rings. The number of hydrogen-bond acceptors (Lipinski definition) is 3. The highest BCUT2D eigenvalue weighted by molar-refractivity contribution is 7.17. The van der Waals surface area contributed by atoms with Crippen LogP contribution in [0, 0.1) is 12.3 Å². The van der Waals surface area contributed by atoms with Gasteiger partial charge in [0.2, 0.25) is 0 Å². The van der Waals surface area contributed by atoms with E-state index >= 15 is 0 Å². The van der Waals surface area contributed by atoms with Crippen LogP contribution in [0.2, 0.25) is 0 Å². The van der Waals surface area contributed by atoms with Gasteiger partial charge in [-0.2, -0.15) is 0 Å².